The second-order valence-corrected chi connectivity index (χ2v) is 6.94. The Hall–Kier alpha value is -0.710. The number of nitriles is 2. The fraction of sp³-hybridized carbons (Fsp3) is 0.857. The van der Waals surface area contributed by atoms with E-state index < -0.39 is 0 Å². The van der Waals surface area contributed by atoms with Crippen molar-refractivity contribution in [2.45, 2.75) is 44.3 Å². The maximum absolute atomic E-state index is 9.22. The van der Waals surface area contributed by atoms with Gasteiger partial charge in [-0.3, -0.25) is 0 Å². The first-order valence-corrected chi connectivity index (χ1v) is 7.79. The van der Waals surface area contributed by atoms with Crippen LogP contribution in [0.15, 0.2) is 0 Å². The van der Waals surface area contributed by atoms with E-state index in [1.165, 1.54) is 0 Å². The zero-order valence-electron chi connectivity index (χ0n) is 11.7. The Labute approximate surface area is 115 Å². The first-order chi connectivity index (χ1) is 8.47. The minimum absolute atomic E-state index is 0.150. The Balaban J connectivity index is 2.29. The van der Waals surface area contributed by atoms with Gasteiger partial charge in [0.2, 0.25) is 0 Å². The number of hydrogen-bond acceptors (Lipinski definition) is 4. The van der Waals surface area contributed by atoms with Crippen LogP contribution in [0.2, 0.25) is 0 Å². The van der Waals surface area contributed by atoms with Gasteiger partial charge >= 0.3 is 0 Å². The third-order valence-corrected chi connectivity index (χ3v) is 5.12. The third kappa shape index (κ3) is 4.19. The van der Waals surface area contributed by atoms with Crippen LogP contribution in [0.1, 0.15) is 39.5 Å². The maximum atomic E-state index is 9.22. The summed E-state index contributed by atoms with van der Waals surface area (Å²) >= 11 is 1.70. The van der Waals surface area contributed by atoms with E-state index >= 15 is 0 Å². The molecule has 1 saturated heterocycles. The molecule has 1 aliphatic rings. The van der Waals surface area contributed by atoms with E-state index in [2.05, 4.69) is 17.0 Å². The minimum Gasteiger partial charge on any atom is -0.303 e. The van der Waals surface area contributed by atoms with Crippen LogP contribution in [0.25, 0.3) is 0 Å². The Morgan fingerprint density at radius 1 is 1.28 bits per heavy atom. The van der Waals surface area contributed by atoms with Crippen LogP contribution in [-0.4, -0.2) is 35.5 Å². The average molecular weight is 265 g/mol. The van der Waals surface area contributed by atoms with Crippen molar-refractivity contribution in [1.82, 2.24) is 4.90 Å². The van der Waals surface area contributed by atoms with Crippen LogP contribution in [0.5, 0.6) is 0 Å². The van der Waals surface area contributed by atoms with Gasteiger partial charge in [-0.2, -0.15) is 10.5 Å². The van der Waals surface area contributed by atoms with E-state index in [0.29, 0.717) is 0 Å². The van der Waals surface area contributed by atoms with Gasteiger partial charge in [-0.15, -0.1) is 11.8 Å². The number of thioether (sulfide) groups is 1. The molecule has 18 heavy (non-hydrogen) atoms. The van der Waals surface area contributed by atoms with Crippen molar-refractivity contribution in [3.8, 4) is 12.1 Å². The molecule has 0 saturated carbocycles. The van der Waals surface area contributed by atoms with Gasteiger partial charge in [-0.1, -0.05) is 0 Å². The minimum atomic E-state index is -0.203. The number of likely N-dealkylation sites (tertiary alicyclic amines) is 1. The van der Waals surface area contributed by atoms with Crippen LogP contribution in [-0.2, 0) is 0 Å². The summed E-state index contributed by atoms with van der Waals surface area (Å²) in [6, 6.07) is 4.82. The quantitative estimate of drug-likeness (QED) is 0.766. The number of hydrogen-bond donors (Lipinski definition) is 0. The van der Waals surface area contributed by atoms with Crippen LogP contribution in [0, 0.1) is 28.1 Å². The highest BCUT2D eigenvalue weighted by Gasteiger charge is 2.33. The fourth-order valence-electron chi connectivity index (χ4n) is 2.30. The van der Waals surface area contributed by atoms with Crippen molar-refractivity contribution in [2.24, 2.45) is 5.41 Å². The highest BCUT2D eigenvalue weighted by Crippen LogP contribution is 2.34. The summed E-state index contributed by atoms with van der Waals surface area (Å²) in [6.07, 6.45) is 5.98. The van der Waals surface area contributed by atoms with E-state index in [-0.39, 0.29) is 10.2 Å². The molecule has 0 aliphatic carbocycles. The summed E-state index contributed by atoms with van der Waals surface area (Å²) in [5.41, 5.74) is -0.203. The lowest BCUT2D eigenvalue weighted by molar-refractivity contribution is 0.207. The van der Waals surface area contributed by atoms with E-state index in [1.807, 2.05) is 20.1 Å². The molecule has 1 rings (SSSR count). The monoisotopic (exact) mass is 265 g/mol. The van der Waals surface area contributed by atoms with Gasteiger partial charge in [0, 0.05) is 13.1 Å². The molecule has 0 bridgehead atoms. The highest BCUT2D eigenvalue weighted by atomic mass is 32.2. The Morgan fingerprint density at radius 3 is 2.33 bits per heavy atom. The molecule has 0 aromatic carbocycles. The molecule has 0 spiro atoms. The van der Waals surface area contributed by atoms with Gasteiger partial charge in [-0.05, 0) is 52.3 Å². The average Bonchev–Trinajstić information content (AvgIpc) is 2.40. The van der Waals surface area contributed by atoms with E-state index in [9.17, 15) is 5.26 Å². The van der Waals surface area contributed by atoms with Crippen LogP contribution in [0.4, 0.5) is 0 Å². The highest BCUT2D eigenvalue weighted by molar-refractivity contribution is 8.00. The summed E-state index contributed by atoms with van der Waals surface area (Å²) in [7, 11) is 0. The second kappa shape index (κ2) is 6.45. The SMILES string of the molecule is CSC1(C#N)CCN(CCCC(C)(C)C#N)CC1. The molecule has 1 heterocycles. The standard InChI is InChI=1S/C14H23N3S/c1-13(2,11-15)5-4-8-17-9-6-14(12-16,18-3)7-10-17/h4-10H2,1-3H3. The molecule has 0 N–H and O–H groups in total. The molecule has 0 aromatic rings. The molecule has 0 radical (unpaired) electrons. The zero-order chi connectivity index (χ0) is 13.6. The Bertz CT molecular complexity index is 343. The smallest absolute Gasteiger partial charge is 0.104 e. The maximum Gasteiger partial charge on any atom is 0.104 e. The molecule has 3 nitrogen and oxygen atoms in total. The summed E-state index contributed by atoms with van der Waals surface area (Å²) in [5, 5.41) is 18.2. The molecule has 100 valence electrons. The van der Waals surface area contributed by atoms with Crippen molar-refractivity contribution < 1.29 is 0 Å². The predicted molar refractivity (Wildman–Crippen MR) is 76.2 cm³/mol. The summed E-state index contributed by atoms with van der Waals surface area (Å²) < 4.78 is -0.150. The first kappa shape index (κ1) is 15.3. The normalized spacial score (nSPS) is 20.1. The molecule has 4 heteroatoms. The largest absolute Gasteiger partial charge is 0.303 e. The van der Waals surface area contributed by atoms with Crippen molar-refractivity contribution in [1.29, 1.82) is 10.5 Å². The summed E-state index contributed by atoms with van der Waals surface area (Å²) in [6.45, 7) is 7.08. The summed E-state index contributed by atoms with van der Waals surface area (Å²) in [4.78, 5) is 2.43. The molecule has 0 unspecified atom stereocenters. The van der Waals surface area contributed by atoms with Gasteiger partial charge in [0.05, 0.1) is 17.6 Å². The van der Waals surface area contributed by atoms with E-state index in [4.69, 9.17) is 5.26 Å². The summed E-state index contributed by atoms with van der Waals surface area (Å²) in [5.74, 6) is 0. The lowest BCUT2D eigenvalue weighted by Crippen LogP contribution is -2.42. The molecular weight excluding hydrogens is 242 g/mol. The molecule has 1 fully saturated rings. The van der Waals surface area contributed by atoms with Crippen LogP contribution in [0.3, 0.4) is 0 Å². The topological polar surface area (TPSA) is 50.8 Å². The molecule has 0 amide bonds. The van der Waals surface area contributed by atoms with Crippen LogP contribution >= 0.6 is 11.8 Å². The lowest BCUT2D eigenvalue weighted by atomic mass is 9.89. The van der Waals surface area contributed by atoms with Crippen molar-refractivity contribution in [2.75, 3.05) is 25.9 Å². The van der Waals surface area contributed by atoms with Crippen molar-refractivity contribution in [3.63, 3.8) is 0 Å². The zero-order valence-corrected chi connectivity index (χ0v) is 12.5. The number of piperidine rings is 1. The molecular formula is C14H23N3S. The van der Waals surface area contributed by atoms with Gasteiger partial charge in [0.25, 0.3) is 0 Å². The predicted octanol–water partition coefficient (Wildman–Crippen LogP) is 3.04. The van der Waals surface area contributed by atoms with E-state index in [1.54, 1.807) is 11.8 Å². The van der Waals surface area contributed by atoms with Gasteiger partial charge < -0.3 is 4.90 Å². The van der Waals surface area contributed by atoms with Crippen molar-refractivity contribution in [3.05, 3.63) is 0 Å². The third-order valence-electron chi connectivity index (χ3n) is 3.84. The number of nitrogens with zero attached hydrogens (tertiary/aromatic N) is 3. The van der Waals surface area contributed by atoms with Gasteiger partial charge in [0.15, 0.2) is 0 Å². The molecule has 0 atom stereocenters. The lowest BCUT2D eigenvalue weighted by Gasteiger charge is -2.36. The Morgan fingerprint density at radius 2 is 1.89 bits per heavy atom. The first-order valence-electron chi connectivity index (χ1n) is 6.57. The fourth-order valence-corrected chi connectivity index (χ4v) is 2.98. The van der Waals surface area contributed by atoms with Crippen molar-refractivity contribution >= 4 is 11.8 Å². The Kier molecular flexibility index (Phi) is 5.50. The van der Waals surface area contributed by atoms with Gasteiger partial charge in [0.1, 0.15) is 4.75 Å². The van der Waals surface area contributed by atoms with E-state index in [0.717, 1.165) is 45.3 Å². The molecule has 0 aromatic heterocycles. The van der Waals surface area contributed by atoms with Crippen LogP contribution < -0.4 is 0 Å². The number of rotatable bonds is 5. The van der Waals surface area contributed by atoms with Gasteiger partial charge in [-0.25, -0.2) is 0 Å². The molecule has 1 aliphatic heterocycles. The second-order valence-electron chi connectivity index (χ2n) is 5.75.